The van der Waals surface area contributed by atoms with Gasteiger partial charge in [-0.15, -0.1) is 0 Å². The Hall–Kier alpha value is -4.53. The number of rotatable bonds is 2. The number of hydrogen-bond acceptors (Lipinski definition) is 6. The maximum Gasteiger partial charge on any atom is 0.340 e. The molecule has 166 valence electrons. The molecule has 0 fully saturated rings. The van der Waals surface area contributed by atoms with E-state index in [9.17, 15) is 20.6 Å². The van der Waals surface area contributed by atoms with Gasteiger partial charge in [-0.2, -0.15) is 15.8 Å². The standard InChI is InChI=1S/C26H10Cl2N4O3/c1-32-22(12-31)14-3-5-18-24(7-14)34-23-6-13(15(10-29)11-30)2-4-17(23)26(18)19-9-21(28)20(27)8-16(19)25(33)35-26/h2-9,15,22H. The summed E-state index contributed by atoms with van der Waals surface area (Å²) in [4.78, 5) is 16.4. The third kappa shape index (κ3) is 3.12. The van der Waals surface area contributed by atoms with E-state index in [1.165, 1.54) is 6.07 Å². The van der Waals surface area contributed by atoms with E-state index in [2.05, 4.69) is 4.85 Å². The van der Waals surface area contributed by atoms with Gasteiger partial charge in [-0.05, 0) is 42.0 Å². The summed E-state index contributed by atoms with van der Waals surface area (Å²) >= 11 is 12.5. The molecular weight excluding hydrogens is 487 g/mol. The summed E-state index contributed by atoms with van der Waals surface area (Å²) in [5.41, 5.74) is 0.946. The minimum atomic E-state index is -1.46. The summed E-state index contributed by atoms with van der Waals surface area (Å²) in [6, 6.07) is 17.3. The van der Waals surface area contributed by atoms with Gasteiger partial charge in [-0.3, -0.25) is 4.85 Å². The number of halogens is 2. The average molecular weight is 497 g/mol. The topological polar surface area (TPSA) is 111 Å². The van der Waals surface area contributed by atoms with Crippen molar-refractivity contribution in [1.29, 1.82) is 15.8 Å². The molecule has 0 radical (unpaired) electrons. The SMILES string of the molecule is [C-]#[N+]C(C#N)c1ccc2c(c1)Oc1cc(C(C#N)C#N)ccc1C21OC(=O)c2cc(Cl)c(Cl)cc21. The predicted molar refractivity (Wildman–Crippen MR) is 124 cm³/mol. The molecule has 2 unspecified atom stereocenters. The van der Waals surface area contributed by atoms with Crippen LogP contribution in [0.3, 0.4) is 0 Å². The number of hydrogen-bond donors (Lipinski definition) is 0. The highest BCUT2D eigenvalue weighted by atomic mass is 35.5. The van der Waals surface area contributed by atoms with E-state index in [0.29, 0.717) is 27.8 Å². The van der Waals surface area contributed by atoms with Crippen molar-refractivity contribution >= 4 is 29.2 Å². The summed E-state index contributed by atoms with van der Waals surface area (Å²) in [6.45, 7) is 7.30. The highest BCUT2D eigenvalue weighted by molar-refractivity contribution is 6.42. The van der Waals surface area contributed by atoms with E-state index >= 15 is 0 Å². The number of carbonyl (C=O) groups excluding carboxylic acids is 1. The first kappa shape index (κ1) is 22.3. The summed E-state index contributed by atoms with van der Waals surface area (Å²) in [7, 11) is 0. The molecule has 2 heterocycles. The first-order valence-corrected chi connectivity index (χ1v) is 10.9. The Balaban J connectivity index is 1.83. The first-order valence-electron chi connectivity index (χ1n) is 10.1. The van der Waals surface area contributed by atoms with Crippen molar-refractivity contribution in [1.82, 2.24) is 0 Å². The Bertz CT molecular complexity index is 1510. The fourth-order valence-electron chi connectivity index (χ4n) is 4.45. The third-order valence-corrected chi connectivity index (χ3v) is 6.78. The number of nitrogens with zero attached hydrogens (tertiary/aromatic N) is 4. The van der Waals surface area contributed by atoms with E-state index in [0.717, 1.165) is 0 Å². The first-order chi connectivity index (χ1) is 16.9. The minimum absolute atomic E-state index is 0.192. The zero-order chi connectivity index (χ0) is 24.9. The largest absolute Gasteiger partial charge is 0.456 e. The summed E-state index contributed by atoms with van der Waals surface area (Å²) in [6.07, 6.45) is 0. The molecule has 0 N–H and O–H groups in total. The molecule has 0 amide bonds. The molecule has 9 heteroatoms. The van der Waals surface area contributed by atoms with Crippen LogP contribution in [0.15, 0.2) is 48.5 Å². The van der Waals surface area contributed by atoms with Crippen LogP contribution >= 0.6 is 23.2 Å². The normalized spacial score (nSPS) is 17.5. The molecule has 2 aliphatic heterocycles. The van der Waals surface area contributed by atoms with Gasteiger partial charge < -0.3 is 9.47 Å². The molecule has 5 rings (SSSR count). The molecule has 0 aromatic heterocycles. The third-order valence-electron chi connectivity index (χ3n) is 6.05. The number of benzene rings is 3. The van der Waals surface area contributed by atoms with E-state index in [1.54, 1.807) is 42.5 Å². The van der Waals surface area contributed by atoms with Gasteiger partial charge >= 0.3 is 12.0 Å². The van der Waals surface area contributed by atoms with Crippen LogP contribution in [0.1, 0.15) is 50.1 Å². The summed E-state index contributed by atoms with van der Waals surface area (Å²) < 4.78 is 12.2. The van der Waals surface area contributed by atoms with Crippen LogP contribution in [0, 0.1) is 40.6 Å². The van der Waals surface area contributed by atoms with Crippen LogP contribution < -0.4 is 4.74 Å². The Kier molecular flexibility index (Phi) is 5.12. The Morgan fingerprint density at radius 3 is 2.06 bits per heavy atom. The maximum atomic E-state index is 13.0. The molecule has 0 saturated heterocycles. The lowest BCUT2D eigenvalue weighted by molar-refractivity contribution is 0.0224. The molecule has 0 bridgehead atoms. The van der Waals surface area contributed by atoms with Crippen LogP contribution in [0.5, 0.6) is 11.5 Å². The van der Waals surface area contributed by atoms with Crippen molar-refractivity contribution in [2.75, 3.05) is 0 Å². The molecule has 7 nitrogen and oxygen atoms in total. The van der Waals surface area contributed by atoms with Crippen molar-refractivity contribution in [2.24, 2.45) is 0 Å². The van der Waals surface area contributed by atoms with Gasteiger partial charge in [0, 0.05) is 16.7 Å². The predicted octanol–water partition coefficient (Wildman–Crippen LogP) is 6.18. The Morgan fingerprint density at radius 1 is 0.857 bits per heavy atom. The van der Waals surface area contributed by atoms with Gasteiger partial charge in [0.1, 0.15) is 11.5 Å². The molecule has 0 aliphatic carbocycles. The number of carbonyl (C=O) groups is 1. The fraction of sp³-hybridized carbons (Fsp3) is 0.115. The number of ether oxygens (including phenoxy) is 2. The van der Waals surface area contributed by atoms with Gasteiger partial charge in [-0.1, -0.05) is 35.3 Å². The second kappa shape index (κ2) is 8.05. The van der Waals surface area contributed by atoms with Crippen LogP contribution in [0.2, 0.25) is 10.0 Å². The number of fused-ring (bicyclic) bond motifs is 6. The monoisotopic (exact) mass is 496 g/mol. The Labute approximate surface area is 209 Å². The second-order valence-corrected chi connectivity index (χ2v) is 8.66. The van der Waals surface area contributed by atoms with Gasteiger partial charge in [-0.25, -0.2) is 11.4 Å². The van der Waals surface area contributed by atoms with Crippen molar-refractivity contribution in [3.05, 3.63) is 103 Å². The van der Waals surface area contributed by atoms with E-state index in [-0.39, 0.29) is 27.1 Å². The van der Waals surface area contributed by atoms with Crippen molar-refractivity contribution < 1.29 is 14.3 Å². The highest BCUT2D eigenvalue weighted by Crippen LogP contribution is 2.57. The van der Waals surface area contributed by atoms with Crippen molar-refractivity contribution in [3.8, 4) is 29.7 Å². The van der Waals surface area contributed by atoms with E-state index in [1.807, 2.05) is 18.2 Å². The summed E-state index contributed by atoms with van der Waals surface area (Å²) in [5, 5.41) is 28.5. The number of nitriles is 3. The quantitative estimate of drug-likeness (QED) is 0.309. The van der Waals surface area contributed by atoms with Gasteiger partial charge in [0.2, 0.25) is 0 Å². The van der Waals surface area contributed by atoms with Crippen LogP contribution in [0.25, 0.3) is 4.85 Å². The van der Waals surface area contributed by atoms with Crippen molar-refractivity contribution in [2.45, 2.75) is 17.6 Å². The lowest BCUT2D eigenvalue weighted by Gasteiger charge is -2.37. The molecule has 2 atom stereocenters. The lowest BCUT2D eigenvalue weighted by atomic mass is 9.76. The lowest BCUT2D eigenvalue weighted by Crippen LogP contribution is -2.33. The van der Waals surface area contributed by atoms with Crippen LogP contribution in [-0.2, 0) is 10.3 Å². The van der Waals surface area contributed by atoms with Gasteiger partial charge in [0.15, 0.2) is 17.6 Å². The van der Waals surface area contributed by atoms with Crippen LogP contribution in [-0.4, -0.2) is 5.97 Å². The van der Waals surface area contributed by atoms with E-state index < -0.39 is 23.5 Å². The Morgan fingerprint density at radius 2 is 1.46 bits per heavy atom. The smallest absolute Gasteiger partial charge is 0.340 e. The molecule has 35 heavy (non-hydrogen) atoms. The average Bonchev–Trinajstić information content (AvgIpc) is 3.12. The van der Waals surface area contributed by atoms with Crippen molar-refractivity contribution in [3.63, 3.8) is 0 Å². The molecule has 2 aliphatic rings. The second-order valence-electron chi connectivity index (χ2n) is 7.85. The highest BCUT2D eigenvalue weighted by Gasteiger charge is 2.54. The summed E-state index contributed by atoms with van der Waals surface area (Å²) in [5.74, 6) is -1.14. The van der Waals surface area contributed by atoms with Crippen LogP contribution in [0.4, 0.5) is 0 Å². The minimum Gasteiger partial charge on any atom is -0.456 e. The molecule has 3 aromatic carbocycles. The van der Waals surface area contributed by atoms with Gasteiger partial charge in [0.05, 0.1) is 33.3 Å². The number of esters is 1. The zero-order valence-corrected chi connectivity index (χ0v) is 19.1. The molecule has 3 aromatic rings. The zero-order valence-electron chi connectivity index (χ0n) is 17.5. The molecular formula is C26H10Cl2N4O3. The molecule has 1 spiro atoms. The van der Waals surface area contributed by atoms with E-state index in [4.69, 9.17) is 39.2 Å². The fourth-order valence-corrected chi connectivity index (χ4v) is 4.78. The molecule has 0 saturated carbocycles. The maximum absolute atomic E-state index is 13.0. The van der Waals surface area contributed by atoms with Gasteiger partial charge in [0.25, 0.3) is 0 Å².